The van der Waals surface area contributed by atoms with Crippen LogP contribution in [-0.4, -0.2) is 21.0 Å². The van der Waals surface area contributed by atoms with E-state index in [1.54, 1.807) is 66.7 Å². The number of carbonyl (C=O) groups is 1. The third-order valence-electron chi connectivity index (χ3n) is 4.52. The van der Waals surface area contributed by atoms with Gasteiger partial charge in [0.15, 0.2) is 17.3 Å². The van der Waals surface area contributed by atoms with Crippen molar-refractivity contribution in [2.24, 2.45) is 0 Å². The zero-order valence-corrected chi connectivity index (χ0v) is 17.3. The Morgan fingerprint density at radius 1 is 0.903 bits per heavy atom. The lowest BCUT2D eigenvalue weighted by molar-refractivity contribution is 0.104. The second-order valence-electron chi connectivity index (χ2n) is 6.80. The summed E-state index contributed by atoms with van der Waals surface area (Å²) in [5.74, 6) is 0.773. The molecule has 0 aliphatic carbocycles. The lowest BCUT2D eigenvalue weighted by Gasteiger charge is -2.12. The first-order chi connectivity index (χ1) is 15.0. The maximum atomic E-state index is 12.5. The quantitative estimate of drug-likeness (QED) is 0.407. The third-order valence-corrected chi connectivity index (χ3v) is 5.77. The van der Waals surface area contributed by atoms with Crippen molar-refractivity contribution in [3.8, 4) is 11.5 Å². The number of para-hydroxylation sites is 2. The van der Waals surface area contributed by atoms with Crippen molar-refractivity contribution in [2.45, 2.75) is 5.75 Å². The molecule has 1 aliphatic heterocycles. The van der Waals surface area contributed by atoms with Crippen molar-refractivity contribution >= 4 is 27.2 Å². The summed E-state index contributed by atoms with van der Waals surface area (Å²) in [5, 5.41) is 2.97. The number of ether oxygens (including phenoxy) is 2. The predicted octanol–water partition coefficient (Wildman–Crippen LogP) is 4.17. The molecule has 0 saturated carbocycles. The normalized spacial score (nSPS) is 12.6. The van der Waals surface area contributed by atoms with Crippen LogP contribution in [0.15, 0.2) is 85.1 Å². The van der Waals surface area contributed by atoms with Crippen LogP contribution in [0.2, 0.25) is 0 Å². The number of allylic oxidation sites excluding steroid dienone is 1. The first-order valence-corrected chi connectivity index (χ1v) is 11.2. The Morgan fingerprint density at radius 3 is 2.42 bits per heavy atom. The van der Waals surface area contributed by atoms with Gasteiger partial charge in [-0.05, 0) is 35.9 Å². The molecule has 0 aromatic heterocycles. The molecule has 0 spiro atoms. The maximum absolute atomic E-state index is 12.5. The Bertz CT molecular complexity index is 1220. The summed E-state index contributed by atoms with van der Waals surface area (Å²) in [6, 6.07) is 20.8. The van der Waals surface area contributed by atoms with E-state index in [0.717, 1.165) is 0 Å². The van der Waals surface area contributed by atoms with Crippen LogP contribution in [0.25, 0.3) is 0 Å². The summed E-state index contributed by atoms with van der Waals surface area (Å²) in [6.07, 6.45) is 2.84. The molecule has 0 atom stereocenters. The molecule has 0 amide bonds. The van der Waals surface area contributed by atoms with E-state index >= 15 is 0 Å². The standard InChI is InChI=1S/C23H20N2O5S/c26-21(18-10-11-22-23(14-18)30-16-29-22)12-13-24-19-8-4-5-9-20(19)25-31(27,28)15-17-6-2-1-3-7-17/h1-14,24-25H,15-16H2. The number of nitrogens with one attached hydrogen (secondary N) is 2. The molecular weight excluding hydrogens is 416 g/mol. The van der Waals surface area contributed by atoms with Gasteiger partial charge in [-0.25, -0.2) is 8.42 Å². The number of rotatable bonds is 8. The molecular formula is C23H20N2O5S. The van der Waals surface area contributed by atoms with Gasteiger partial charge in [-0.15, -0.1) is 0 Å². The van der Waals surface area contributed by atoms with Gasteiger partial charge in [0.2, 0.25) is 16.8 Å². The number of sulfonamides is 1. The number of benzene rings is 3. The molecule has 31 heavy (non-hydrogen) atoms. The van der Waals surface area contributed by atoms with Gasteiger partial charge in [0.1, 0.15) is 0 Å². The summed E-state index contributed by atoms with van der Waals surface area (Å²) >= 11 is 0. The highest BCUT2D eigenvalue weighted by Gasteiger charge is 2.16. The molecule has 3 aromatic rings. The Hall–Kier alpha value is -3.78. The molecule has 4 rings (SSSR count). The second kappa shape index (κ2) is 8.93. The van der Waals surface area contributed by atoms with E-state index in [-0.39, 0.29) is 18.3 Å². The van der Waals surface area contributed by atoms with Crippen LogP contribution in [-0.2, 0) is 15.8 Å². The van der Waals surface area contributed by atoms with Crippen molar-refractivity contribution in [3.63, 3.8) is 0 Å². The van der Waals surface area contributed by atoms with E-state index in [2.05, 4.69) is 10.0 Å². The lowest BCUT2D eigenvalue weighted by atomic mass is 10.1. The predicted molar refractivity (Wildman–Crippen MR) is 119 cm³/mol. The van der Waals surface area contributed by atoms with E-state index in [0.29, 0.717) is 34.0 Å². The highest BCUT2D eigenvalue weighted by Crippen LogP contribution is 2.32. The largest absolute Gasteiger partial charge is 0.454 e. The fraction of sp³-hybridized carbons (Fsp3) is 0.0870. The number of carbonyl (C=O) groups excluding carboxylic acids is 1. The Morgan fingerprint density at radius 2 is 1.61 bits per heavy atom. The average Bonchev–Trinajstić information content (AvgIpc) is 3.23. The smallest absolute Gasteiger partial charge is 0.236 e. The molecule has 0 bridgehead atoms. The molecule has 0 radical (unpaired) electrons. The molecule has 0 unspecified atom stereocenters. The summed E-state index contributed by atoms with van der Waals surface area (Å²) in [4.78, 5) is 12.4. The number of hydrogen-bond donors (Lipinski definition) is 2. The molecule has 158 valence electrons. The number of hydrogen-bond acceptors (Lipinski definition) is 6. The van der Waals surface area contributed by atoms with Gasteiger partial charge < -0.3 is 14.8 Å². The monoisotopic (exact) mass is 436 g/mol. The van der Waals surface area contributed by atoms with Crippen LogP contribution < -0.4 is 19.5 Å². The fourth-order valence-corrected chi connectivity index (χ4v) is 4.26. The zero-order valence-electron chi connectivity index (χ0n) is 16.4. The Labute approximate surface area is 180 Å². The minimum Gasteiger partial charge on any atom is -0.454 e. The van der Waals surface area contributed by atoms with E-state index in [9.17, 15) is 13.2 Å². The van der Waals surface area contributed by atoms with Gasteiger partial charge in [0.25, 0.3) is 0 Å². The van der Waals surface area contributed by atoms with Gasteiger partial charge >= 0.3 is 0 Å². The van der Waals surface area contributed by atoms with Crippen molar-refractivity contribution in [1.82, 2.24) is 0 Å². The number of anilines is 2. The lowest BCUT2D eigenvalue weighted by Crippen LogP contribution is -2.15. The topological polar surface area (TPSA) is 93.7 Å². The van der Waals surface area contributed by atoms with Crippen molar-refractivity contribution in [3.05, 3.63) is 96.2 Å². The zero-order chi connectivity index (χ0) is 21.7. The van der Waals surface area contributed by atoms with Crippen molar-refractivity contribution in [2.75, 3.05) is 16.8 Å². The molecule has 1 aliphatic rings. The average molecular weight is 436 g/mol. The van der Waals surface area contributed by atoms with E-state index in [1.165, 1.54) is 12.3 Å². The van der Waals surface area contributed by atoms with Crippen molar-refractivity contribution < 1.29 is 22.7 Å². The van der Waals surface area contributed by atoms with Crippen LogP contribution in [0.4, 0.5) is 11.4 Å². The highest BCUT2D eigenvalue weighted by molar-refractivity contribution is 7.91. The van der Waals surface area contributed by atoms with Crippen LogP contribution in [0.1, 0.15) is 15.9 Å². The molecule has 7 nitrogen and oxygen atoms in total. The Kier molecular flexibility index (Phi) is 5.90. The molecule has 3 aromatic carbocycles. The summed E-state index contributed by atoms with van der Waals surface area (Å²) < 4.78 is 38.2. The molecule has 8 heteroatoms. The van der Waals surface area contributed by atoms with E-state index in [1.807, 2.05) is 6.07 Å². The molecule has 0 saturated heterocycles. The van der Waals surface area contributed by atoms with Gasteiger partial charge in [0.05, 0.1) is 17.1 Å². The molecule has 1 heterocycles. The number of fused-ring (bicyclic) bond motifs is 1. The first-order valence-electron chi connectivity index (χ1n) is 9.51. The molecule has 2 N–H and O–H groups in total. The van der Waals surface area contributed by atoms with Crippen molar-refractivity contribution in [1.29, 1.82) is 0 Å². The van der Waals surface area contributed by atoms with Crippen LogP contribution in [0.3, 0.4) is 0 Å². The van der Waals surface area contributed by atoms with E-state index in [4.69, 9.17) is 9.47 Å². The summed E-state index contributed by atoms with van der Waals surface area (Å²) in [5.41, 5.74) is 2.06. The van der Waals surface area contributed by atoms with Gasteiger partial charge in [0, 0.05) is 17.8 Å². The second-order valence-corrected chi connectivity index (χ2v) is 8.52. The minimum atomic E-state index is -3.61. The fourth-order valence-electron chi connectivity index (χ4n) is 3.05. The minimum absolute atomic E-state index is 0.138. The van der Waals surface area contributed by atoms with Gasteiger partial charge in [-0.2, -0.15) is 0 Å². The van der Waals surface area contributed by atoms with E-state index < -0.39 is 10.0 Å². The summed E-state index contributed by atoms with van der Waals surface area (Å²) in [6.45, 7) is 0.140. The van der Waals surface area contributed by atoms with Gasteiger partial charge in [-0.1, -0.05) is 42.5 Å². The van der Waals surface area contributed by atoms with Crippen LogP contribution in [0.5, 0.6) is 11.5 Å². The van der Waals surface area contributed by atoms with Gasteiger partial charge in [-0.3, -0.25) is 9.52 Å². The summed E-state index contributed by atoms with van der Waals surface area (Å²) in [7, 11) is -3.61. The van der Waals surface area contributed by atoms with Crippen LogP contribution in [0, 0.1) is 0 Å². The third kappa shape index (κ3) is 5.23. The molecule has 0 fully saturated rings. The number of ketones is 1. The maximum Gasteiger partial charge on any atom is 0.236 e. The highest BCUT2D eigenvalue weighted by atomic mass is 32.2. The Balaban J connectivity index is 1.43. The van der Waals surface area contributed by atoms with Crippen LogP contribution >= 0.6 is 0 Å². The first kappa shape index (κ1) is 20.5. The SMILES string of the molecule is O=C(C=CNc1ccccc1NS(=O)(=O)Cc1ccccc1)c1ccc2c(c1)OCO2.